The molecule has 174 valence electrons. The van der Waals surface area contributed by atoms with Crippen LogP contribution in [0.5, 0.6) is 11.5 Å². The molecule has 1 heterocycles. The number of aryl methyl sites for hydroxylation is 1. The zero-order valence-electron chi connectivity index (χ0n) is 19.9. The number of hydrogen-bond acceptors (Lipinski definition) is 4. The maximum absolute atomic E-state index is 12.5. The van der Waals surface area contributed by atoms with Gasteiger partial charge in [-0.25, -0.2) is 4.79 Å². The number of esters is 1. The summed E-state index contributed by atoms with van der Waals surface area (Å²) in [7, 11) is 0. The van der Waals surface area contributed by atoms with E-state index in [1.54, 1.807) is 18.3 Å². The summed E-state index contributed by atoms with van der Waals surface area (Å²) in [6.07, 6.45) is 11.2. The summed E-state index contributed by atoms with van der Waals surface area (Å²) < 4.78 is 11.3. The van der Waals surface area contributed by atoms with Crippen LogP contribution in [-0.4, -0.2) is 17.6 Å². The second-order valence-electron chi connectivity index (χ2n) is 8.36. The van der Waals surface area contributed by atoms with Crippen LogP contribution in [0.4, 0.5) is 0 Å². The predicted octanol–water partition coefficient (Wildman–Crippen LogP) is 7.66. The van der Waals surface area contributed by atoms with Crippen molar-refractivity contribution in [2.24, 2.45) is 0 Å². The highest BCUT2D eigenvalue weighted by Gasteiger charge is 2.09. The van der Waals surface area contributed by atoms with Crippen molar-refractivity contribution in [3.05, 3.63) is 78.0 Å². The monoisotopic (exact) mass is 445 g/mol. The maximum atomic E-state index is 12.5. The van der Waals surface area contributed by atoms with Crippen LogP contribution in [0.3, 0.4) is 0 Å². The number of carbonyl (C=O) groups is 1. The third kappa shape index (κ3) is 8.05. The highest BCUT2D eigenvalue weighted by Crippen LogP contribution is 2.23. The molecule has 0 N–H and O–H groups in total. The van der Waals surface area contributed by atoms with Crippen molar-refractivity contribution < 1.29 is 14.3 Å². The van der Waals surface area contributed by atoms with Crippen molar-refractivity contribution in [1.82, 2.24) is 4.98 Å². The molecule has 0 unspecified atom stereocenters. The molecular weight excluding hydrogens is 410 g/mol. The van der Waals surface area contributed by atoms with E-state index >= 15 is 0 Å². The van der Waals surface area contributed by atoms with Gasteiger partial charge in [0.1, 0.15) is 11.5 Å². The molecule has 0 aliphatic rings. The molecule has 0 atom stereocenters. The van der Waals surface area contributed by atoms with E-state index in [2.05, 4.69) is 18.8 Å². The van der Waals surface area contributed by atoms with E-state index in [-0.39, 0.29) is 5.97 Å². The summed E-state index contributed by atoms with van der Waals surface area (Å²) in [5.41, 5.74) is 3.63. The number of unbranched alkanes of at least 4 members (excludes halogenated alkanes) is 5. The Labute approximate surface area is 198 Å². The van der Waals surface area contributed by atoms with Gasteiger partial charge in [-0.2, -0.15) is 0 Å². The molecule has 0 aliphatic heterocycles. The number of hydrogen-bond donors (Lipinski definition) is 0. The van der Waals surface area contributed by atoms with Crippen molar-refractivity contribution in [3.63, 3.8) is 0 Å². The molecule has 0 radical (unpaired) electrons. The lowest BCUT2D eigenvalue weighted by molar-refractivity contribution is 0.0735. The highest BCUT2D eigenvalue weighted by atomic mass is 16.5. The molecule has 4 heteroatoms. The van der Waals surface area contributed by atoms with Gasteiger partial charge in [-0.15, -0.1) is 0 Å². The Kier molecular flexibility index (Phi) is 9.96. The Morgan fingerprint density at radius 3 is 2.12 bits per heavy atom. The van der Waals surface area contributed by atoms with Crippen LogP contribution in [0.25, 0.3) is 11.3 Å². The molecule has 4 nitrogen and oxygen atoms in total. The van der Waals surface area contributed by atoms with Gasteiger partial charge in [0, 0.05) is 5.56 Å². The SMILES string of the molecule is CCCCCCc1ccc(C(=O)Oc2ccc(-c3ccc(OCCCCC)cn3)cc2)cc1. The second kappa shape index (κ2) is 13.4. The fourth-order valence-corrected chi connectivity index (χ4v) is 3.60. The Morgan fingerprint density at radius 1 is 0.758 bits per heavy atom. The average Bonchev–Trinajstić information content (AvgIpc) is 2.86. The van der Waals surface area contributed by atoms with Crippen molar-refractivity contribution >= 4 is 5.97 Å². The van der Waals surface area contributed by atoms with Crippen molar-refractivity contribution in [1.29, 1.82) is 0 Å². The zero-order chi connectivity index (χ0) is 23.3. The van der Waals surface area contributed by atoms with Crippen LogP contribution in [0.2, 0.25) is 0 Å². The summed E-state index contributed by atoms with van der Waals surface area (Å²) in [6, 6.07) is 19.0. The fourth-order valence-electron chi connectivity index (χ4n) is 3.60. The first-order valence-electron chi connectivity index (χ1n) is 12.2. The van der Waals surface area contributed by atoms with Crippen LogP contribution in [0.1, 0.15) is 74.7 Å². The molecule has 33 heavy (non-hydrogen) atoms. The molecular formula is C29H35NO3. The molecule has 0 saturated heterocycles. The van der Waals surface area contributed by atoms with Gasteiger partial charge < -0.3 is 9.47 Å². The topological polar surface area (TPSA) is 48.4 Å². The van der Waals surface area contributed by atoms with E-state index in [1.165, 1.54) is 44.1 Å². The Bertz CT molecular complexity index is 963. The third-order valence-corrected chi connectivity index (χ3v) is 5.62. The number of rotatable bonds is 13. The molecule has 3 aromatic rings. The van der Waals surface area contributed by atoms with Crippen LogP contribution in [-0.2, 0) is 6.42 Å². The number of ether oxygens (including phenoxy) is 2. The first-order chi connectivity index (χ1) is 16.2. The molecule has 0 bridgehead atoms. The largest absolute Gasteiger partial charge is 0.492 e. The van der Waals surface area contributed by atoms with Gasteiger partial charge in [-0.3, -0.25) is 4.98 Å². The van der Waals surface area contributed by atoms with E-state index in [1.807, 2.05) is 48.5 Å². The van der Waals surface area contributed by atoms with Crippen LogP contribution in [0.15, 0.2) is 66.9 Å². The highest BCUT2D eigenvalue weighted by molar-refractivity contribution is 5.91. The normalized spacial score (nSPS) is 10.7. The van der Waals surface area contributed by atoms with E-state index in [4.69, 9.17) is 9.47 Å². The van der Waals surface area contributed by atoms with E-state index in [0.29, 0.717) is 11.3 Å². The lowest BCUT2D eigenvalue weighted by atomic mass is 10.0. The van der Waals surface area contributed by atoms with Gasteiger partial charge >= 0.3 is 5.97 Å². The van der Waals surface area contributed by atoms with E-state index in [9.17, 15) is 4.79 Å². The fraction of sp³-hybridized carbons (Fsp3) is 0.379. The first kappa shape index (κ1) is 24.5. The first-order valence-corrected chi connectivity index (χ1v) is 12.2. The van der Waals surface area contributed by atoms with Crippen LogP contribution in [0, 0.1) is 0 Å². The van der Waals surface area contributed by atoms with Gasteiger partial charge in [0.05, 0.1) is 24.1 Å². The summed E-state index contributed by atoms with van der Waals surface area (Å²) in [5.74, 6) is 0.957. The van der Waals surface area contributed by atoms with E-state index < -0.39 is 0 Å². The summed E-state index contributed by atoms with van der Waals surface area (Å²) >= 11 is 0. The third-order valence-electron chi connectivity index (χ3n) is 5.62. The summed E-state index contributed by atoms with van der Waals surface area (Å²) in [6.45, 7) is 5.11. The Hall–Kier alpha value is -3.14. The number of pyridine rings is 1. The predicted molar refractivity (Wildman–Crippen MR) is 134 cm³/mol. The molecule has 0 spiro atoms. The van der Waals surface area contributed by atoms with Crippen LogP contribution < -0.4 is 9.47 Å². The molecule has 0 fully saturated rings. The van der Waals surface area contributed by atoms with Crippen LogP contribution >= 0.6 is 0 Å². The van der Waals surface area contributed by atoms with Gasteiger partial charge in [-0.1, -0.05) is 58.1 Å². The number of benzene rings is 2. The number of nitrogens with zero attached hydrogens (tertiary/aromatic N) is 1. The van der Waals surface area contributed by atoms with Crippen molar-refractivity contribution in [2.75, 3.05) is 6.61 Å². The lowest BCUT2D eigenvalue weighted by Crippen LogP contribution is -2.08. The minimum atomic E-state index is -0.344. The zero-order valence-corrected chi connectivity index (χ0v) is 19.9. The molecule has 1 aromatic heterocycles. The minimum absolute atomic E-state index is 0.344. The molecule has 2 aromatic carbocycles. The second-order valence-corrected chi connectivity index (χ2v) is 8.36. The van der Waals surface area contributed by atoms with Gasteiger partial charge in [0.15, 0.2) is 0 Å². The average molecular weight is 446 g/mol. The van der Waals surface area contributed by atoms with Gasteiger partial charge in [0.2, 0.25) is 0 Å². The molecule has 0 aliphatic carbocycles. The molecule has 3 rings (SSSR count). The lowest BCUT2D eigenvalue weighted by Gasteiger charge is -2.08. The van der Waals surface area contributed by atoms with E-state index in [0.717, 1.165) is 36.5 Å². The van der Waals surface area contributed by atoms with Gasteiger partial charge in [0.25, 0.3) is 0 Å². The smallest absolute Gasteiger partial charge is 0.343 e. The summed E-state index contributed by atoms with van der Waals surface area (Å²) in [4.78, 5) is 17.0. The number of aromatic nitrogens is 1. The summed E-state index contributed by atoms with van der Waals surface area (Å²) in [5, 5.41) is 0. The Balaban J connectivity index is 1.51. The quantitative estimate of drug-likeness (QED) is 0.154. The maximum Gasteiger partial charge on any atom is 0.343 e. The Morgan fingerprint density at radius 2 is 1.45 bits per heavy atom. The number of carbonyl (C=O) groups excluding carboxylic acids is 1. The standard InChI is InChI=1S/C29H35NO3/c1-3-5-7-8-10-23-11-13-25(14-12-23)29(31)33-26-17-15-24(16-18-26)28-20-19-27(22-30-28)32-21-9-6-4-2/h11-20,22H,3-10,21H2,1-2H3. The minimum Gasteiger partial charge on any atom is -0.492 e. The van der Waals surface area contributed by atoms with Gasteiger partial charge in [-0.05, 0) is 73.4 Å². The van der Waals surface area contributed by atoms with Crippen molar-refractivity contribution in [2.45, 2.75) is 65.2 Å². The van der Waals surface area contributed by atoms with Crippen molar-refractivity contribution in [3.8, 4) is 22.8 Å². The molecule has 0 amide bonds. The molecule has 0 saturated carbocycles.